The van der Waals surface area contributed by atoms with Crippen LogP contribution in [0.3, 0.4) is 0 Å². The van der Waals surface area contributed by atoms with Crippen molar-refractivity contribution in [3.63, 3.8) is 0 Å². The molecule has 2 unspecified atom stereocenters. The largest absolute Gasteiger partial charge is 0.497 e. The summed E-state index contributed by atoms with van der Waals surface area (Å²) in [5.41, 5.74) is 0.692. The van der Waals surface area contributed by atoms with Gasteiger partial charge in [0, 0.05) is 44.0 Å². The minimum atomic E-state index is -0.184. The second-order valence-corrected chi connectivity index (χ2v) is 8.70. The fourth-order valence-corrected chi connectivity index (χ4v) is 4.67. The van der Waals surface area contributed by atoms with Gasteiger partial charge in [-0.2, -0.15) is 0 Å². The van der Waals surface area contributed by atoms with Gasteiger partial charge in [0.25, 0.3) is 0 Å². The number of amidine groups is 1. The third-order valence-corrected chi connectivity index (χ3v) is 6.64. The lowest BCUT2D eigenvalue weighted by molar-refractivity contribution is -0.132. The summed E-state index contributed by atoms with van der Waals surface area (Å²) in [6.07, 6.45) is 3.80. The van der Waals surface area contributed by atoms with Crippen LogP contribution in [0.5, 0.6) is 5.75 Å². The second-order valence-electron chi connectivity index (χ2n) is 8.70. The summed E-state index contributed by atoms with van der Waals surface area (Å²) in [6.45, 7) is 2.28. The molecular weight excluding hydrogens is 410 g/mol. The molecule has 3 heterocycles. The minimum absolute atomic E-state index is 0.00506. The Labute approximate surface area is 188 Å². The highest BCUT2D eigenvalue weighted by atomic mass is 16.5. The molecule has 0 saturated carbocycles. The van der Waals surface area contributed by atoms with Crippen LogP contribution in [-0.2, 0) is 14.3 Å². The van der Waals surface area contributed by atoms with E-state index in [9.17, 15) is 14.4 Å². The maximum absolute atomic E-state index is 12.8. The number of ether oxygens (including phenoxy) is 2. The predicted octanol–water partition coefficient (Wildman–Crippen LogP) is 2.22. The Morgan fingerprint density at radius 2 is 1.94 bits per heavy atom. The number of Topliss-reactive ketones (excluding diaryl/α,β-unsaturated/α-hetero) is 1. The molecule has 8 heteroatoms. The molecule has 8 nitrogen and oxygen atoms in total. The van der Waals surface area contributed by atoms with Gasteiger partial charge < -0.3 is 19.7 Å². The van der Waals surface area contributed by atoms with Gasteiger partial charge in [-0.05, 0) is 49.9 Å². The molecule has 2 saturated heterocycles. The zero-order valence-corrected chi connectivity index (χ0v) is 18.5. The lowest BCUT2D eigenvalue weighted by Crippen LogP contribution is -2.49. The molecule has 2 amide bonds. The summed E-state index contributed by atoms with van der Waals surface area (Å²) >= 11 is 0. The first kappa shape index (κ1) is 22.5. The molecule has 0 aliphatic carbocycles. The number of aliphatic imine (C=N–C) groups is 1. The number of piperidine rings is 1. The molecule has 0 spiro atoms. The molecule has 32 heavy (non-hydrogen) atoms. The lowest BCUT2D eigenvalue weighted by atomic mass is 9.88. The zero-order valence-electron chi connectivity index (χ0n) is 18.5. The Kier molecular flexibility index (Phi) is 7.19. The number of amides is 2. The molecule has 172 valence electrons. The number of hydrogen-bond acceptors (Lipinski definition) is 6. The van der Waals surface area contributed by atoms with Crippen molar-refractivity contribution in [2.75, 3.05) is 33.4 Å². The zero-order chi connectivity index (χ0) is 22.5. The number of nitrogens with zero attached hydrogens (tertiary/aromatic N) is 2. The summed E-state index contributed by atoms with van der Waals surface area (Å²) in [5.74, 6) is 1.41. The van der Waals surface area contributed by atoms with E-state index in [1.165, 1.54) is 0 Å². The number of methoxy groups -OCH3 is 1. The van der Waals surface area contributed by atoms with Gasteiger partial charge in [0.05, 0.1) is 25.7 Å². The summed E-state index contributed by atoms with van der Waals surface area (Å²) in [7, 11) is 1.60. The molecule has 1 N–H and O–H groups in total. The van der Waals surface area contributed by atoms with Gasteiger partial charge in [-0.15, -0.1) is 0 Å². The molecule has 0 bridgehead atoms. The highest BCUT2D eigenvalue weighted by molar-refractivity contribution is 6.01. The smallest absolute Gasteiger partial charge is 0.232 e. The highest BCUT2D eigenvalue weighted by Gasteiger charge is 2.35. The van der Waals surface area contributed by atoms with E-state index in [-0.39, 0.29) is 35.5 Å². The standard InChI is InChI=1S/C24H31N3O5/c1-31-18-7-5-16(6-8-18)23(29)17-9-12-27(13-10-17)22(28)4-2-3-21-25-20-11-14-32-15-19(20)24(30)26-21/h5-8,17,19-20H,2-4,9-15H2,1H3,(H,25,26,30). The number of rotatable bonds is 7. The lowest BCUT2D eigenvalue weighted by Gasteiger charge is -2.33. The molecule has 1 aromatic carbocycles. The van der Waals surface area contributed by atoms with Crippen molar-refractivity contribution in [2.24, 2.45) is 16.8 Å². The van der Waals surface area contributed by atoms with E-state index >= 15 is 0 Å². The Bertz CT molecular complexity index is 874. The first-order valence-electron chi connectivity index (χ1n) is 11.5. The van der Waals surface area contributed by atoms with E-state index in [4.69, 9.17) is 9.47 Å². The Morgan fingerprint density at radius 3 is 2.66 bits per heavy atom. The second kappa shape index (κ2) is 10.3. The number of benzene rings is 1. The predicted molar refractivity (Wildman–Crippen MR) is 119 cm³/mol. The van der Waals surface area contributed by atoms with Crippen LogP contribution in [0.1, 0.15) is 48.9 Å². The van der Waals surface area contributed by atoms with E-state index < -0.39 is 0 Å². The average molecular weight is 442 g/mol. The summed E-state index contributed by atoms with van der Waals surface area (Å²) < 4.78 is 10.5. The van der Waals surface area contributed by atoms with Crippen molar-refractivity contribution in [1.29, 1.82) is 0 Å². The molecule has 3 aliphatic heterocycles. The van der Waals surface area contributed by atoms with Crippen LogP contribution in [-0.4, -0.2) is 67.8 Å². The minimum Gasteiger partial charge on any atom is -0.497 e. The Morgan fingerprint density at radius 1 is 1.19 bits per heavy atom. The van der Waals surface area contributed by atoms with Crippen molar-refractivity contribution in [3.8, 4) is 5.75 Å². The van der Waals surface area contributed by atoms with Gasteiger partial charge in [-0.1, -0.05) is 0 Å². The van der Waals surface area contributed by atoms with Crippen LogP contribution < -0.4 is 10.1 Å². The van der Waals surface area contributed by atoms with Crippen LogP contribution in [0.2, 0.25) is 0 Å². The molecule has 2 fully saturated rings. The van der Waals surface area contributed by atoms with Crippen LogP contribution >= 0.6 is 0 Å². The van der Waals surface area contributed by atoms with Crippen molar-refractivity contribution in [1.82, 2.24) is 10.2 Å². The molecule has 1 aromatic rings. The van der Waals surface area contributed by atoms with Crippen molar-refractivity contribution in [2.45, 2.75) is 44.6 Å². The monoisotopic (exact) mass is 441 g/mol. The first-order valence-corrected chi connectivity index (χ1v) is 11.5. The van der Waals surface area contributed by atoms with Crippen LogP contribution in [0.15, 0.2) is 29.3 Å². The van der Waals surface area contributed by atoms with E-state index in [1.54, 1.807) is 31.4 Å². The SMILES string of the molecule is COc1ccc(C(=O)C2CCN(C(=O)CCCC3=NC4CCOCC4C(=O)N3)CC2)cc1. The van der Waals surface area contributed by atoms with E-state index in [0.29, 0.717) is 69.8 Å². The fraction of sp³-hybridized carbons (Fsp3) is 0.583. The maximum Gasteiger partial charge on any atom is 0.232 e. The Hall–Kier alpha value is -2.74. The van der Waals surface area contributed by atoms with Gasteiger partial charge in [0.15, 0.2) is 5.78 Å². The van der Waals surface area contributed by atoms with Crippen LogP contribution in [0.4, 0.5) is 0 Å². The molecular formula is C24H31N3O5. The van der Waals surface area contributed by atoms with E-state index in [1.807, 2.05) is 4.90 Å². The number of fused-ring (bicyclic) bond motifs is 1. The highest BCUT2D eigenvalue weighted by Crippen LogP contribution is 2.25. The number of likely N-dealkylation sites (tertiary alicyclic amines) is 1. The fourth-order valence-electron chi connectivity index (χ4n) is 4.67. The molecule has 0 aromatic heterocycles. The van der Waals surface area contributed by atoms with Gasteiger partial charge >= 0.3 is 0 Å². The average Bonchev–Trinajstić information content (AvgIpc) is 2.84. The topological polar surface area (TPSA) is 97.3 Å². The number of carbonyl (C=O) groups excluding carboxylic acids is 3. The Balaban J connectivity index is 1.20. The summed E-state index contributed by atoms with van der Waals surface area (Å²) in [5, 5.41) is 2.87. The summed E-state index contributed by atoms with van der Waals surface area (Å²) in [6, 6.07) is 7.20. The molecule has 3 aliphatic rings. The first-order chi connectivity index (χ1) is 15.5. The van der Waals surface area contributed by atoms with Crippen molar-refractivity contribution in [3.05, 3.63) is 29.8 Å². The molecule has 0 radical (unpaired) electrons. The number of nitrogens with one attached hydrogen (secondary N) is 1. The molecule has 2 atom stereocenters. The quantitative estimate of drug-likeness (QED) is 0.655. The third kappa shape index (κ3) is 5.18. The van der Waals surface area contributed by atoms with E-state index in [0.717, 1.165) is 12.2 Å². The maximum atomic E-state index is 12.8. The molecule has 4 rings (SSSR count). The van der Waals surface area contributed by atoms with Gasteiger partial charge in [-0.3, -0.25) is 19.4 Å². The number of carbonyl (C=O) groups is 3. The van der Waals surface area contributed by atoms with Gasteiger partial charge in [-0.25, -0.2) is 0 Å². The third-order valence-electron chi connectivity index (χ3n) is 6.64. The van der Waals surface area contributed by atoms with Gasteiger partial charge in [0.1, 0.15) is 11.6 Å². The number of ketones is 1. The van der Waals surface area contributed by atoms with Crippen LogP contribution in [0, 0.1) is 11.8 Å². The number of hydrogen-bond donors (Lipinski definition) is 1. The van der Waals surface area contributed by atoms with E-state index in [2.05, 4.69) is 10.3 Å². The van der Waals surface area contributed by atoms with Crippen molar-refractivity contribution >= 4 is 23.4 Å². The van der Waals surface area contributed by atoms with Gasteiger partial charge in [0.2, 0.25) is 11.8 Å². The normalized spacial score (nSPS) is 23.7. The van der Waals surface area contributed by atoms with Crippen molar-refractivity contribution < 1.29 is 23.9 Å². The summed E-state index contributed by atoms with van der Waals surface area (Å²) in [4.78, 5) is 44.1. The van der Waals surface area contributed by atoms with Crippen LogP contribution in [0.25, 0.3) is 0 Å².